The molecule has 1 saturated heterocycles. The van der Waals surface area contributed by atoms with Crippen molar-refractivity contribution in [2.75, 3.05) is 0 Å². The summed E-state index contributed by atoms with van der Waals surface area (Å²) in [5.41, 5.74) is -0.695. The molecule has 8 nitrogen and oxygen atoms in total. The number of carbonyl (C=O) groups excluding carboxylic acids is 4. The Morgan fingerprint density at radius 1 is 1.19 bits per heavy atom. The van der Waals surface area contributed by atoms with Crippen molar-refractivity contribution in [2.24, 2.45) is 11.8 Å². The first-order chi connectivity index (χ1) is 12.0. The van der Waals surface area contributed by atoms with Gasteiger partial charge in [0.1, 0.15) is 11.7 Å². The Hall–Kier alpha value is -2.38. The third-order valence-electron chi connectivity index (χ3n) is 4.65. The summed E-state index contributed by atoms with van der Waals surface area (Å²) in [6, 6.07) is 0. The largest absolute Gasteiger partial charge is 0.457 e. The Morgan fingerprint density at radius 2 is 1.85 bits per heavy atom. The van der Waals surface area contributed by atoms with E-state index in [1.54, 1.807) is 6.92 Å². The summed E-state index contributed by atoms with van der Waals surface area (Å²) < 4.78 is 20.6. The fraction of sp³-hybridized carbons (Fsp3) is 0.667. The Labute approximate surface area is 151 Å². The van der Waals surface area contributed by atoms with Gasteiger partial charge >= 0.3 is 23.9 Å². The Bertz CT molecular complexity index is 639. The molecule has 0 spiro atoms. The van der Waals surface area contributed by atoms with E-state index in [4.69, 9.17) is 18.9 Å². The van der Waals surface area contributed by atoms with Crippen LogP contribution in [-0.4, -0.2) is 41.9 Å². The van der Waals surface area contributed by atoms with Gasteiger partial charge in [-0.05, 0) is 33.6 Å². The minimum atomic E-state index is -1.21. The van der Waals surface area contributed by atoms with E-state index in [2.05, 4.69) is 6.58 Å². The molecule has 0 aromatic rings. The van der Waals surface area contributed by atoms with E-state index in [9.17, 15) is 19.2 Å². The molecular formula is C18H24O8. The molecule has 1 aliphatic heterocycles. The molecular weight excluding hydrogens is 344 g/mol. The number of fused-ring (bicyclic) bond motifs is 2. The van der Waals surface area contributed by atoms with Crippen LogP contribution in [0.3, 0.4) is 0 Å². The summed E-state index contributed by atoms with van der Waals surface area (Å²) in [5, 5.41) is 0. The molecule has 0 aromatic carbocycles. The zero-order valence-electron chi connectivity index (χ0n) is 15.4. The van der Waals surface area contributed by atoms with Crippen LogP contribution in [0.2, 0.25) is 0 Å². The van der Waals surface area contributed by atoms with Gasteiger partial charge < -0.3 is 18.9 Å². The molecule has 2 aliphatic rings. The van der Waals surface area contributed by atoms with Crippen LogP contribution in [0.15, 0.2) is 12.2 Å². The summed E-state index contributed by atoms with van der Waals surface area (Å²) in [6.45, 7) is 9.31. The summed E-state index contributed by atoms with van der Waals surface area (Å²) in [6.07, 6.45) is -0.194. The number of hydrogen-bond acceptors (Lipinski definition) is 8. The second-order valence-corrected chi connectivity index (χ2v) is 7.05. The Morgan fingerprint density at radius 3 is 2.46 bits per heavy atom. The maximum atomic E-state index is 12.3. The monoisotopic (exact) mass is 368 g/mol. The third kappa shape index (κ3) is 4.23. The SMILES string of the molecule is C=C(C)C(=O)OC(C)OC(=O)C(C)C(=O)OC1CCC2CC1(C)OC2=O. The van der Waals surface area contributed by atoms with Crippen molar-refractivity contribution in [1.82, 2.24) is 0 Å². The van der Waals surface area contributed by atoms with Crippen molar-refractivity contribution in [3.63, 3.8) is 0 Å². The van der Waals surface area contributed by atoms with Crippen molar-refractivity contribution < 1.29 is 38.1 Å². The molecule has 2 rings (SSSR count). The van der Waals surface area contributed by atoms with Crippen LogP contribution in [0, 0.1) is 11.8 Å². The molecule has 144 valence electrons. The predicted molar refractivity (Wildman–Crippen MR) is 87.3 cm³/mol. The first-order valence-electron chi connectivity index (χ1n) is 8.54. The van der Waals surface area contributed by atoms with Gasteiger partial charge in [0.2, 0.25) is 6.29 Å². The molecule has 1 saturated carbocycles. The molecule has 5 atom stereocenters. The summed E-state index contributed by atoms with van der Waals surface area (Å²) in [4.78, 5) is 47.4. The summed E-state index contributed by atoms with van der Waals surface area (Å²) >= 11 is 0. The van der Waals surface area contributed by atoms with E-state index < -0.39 is 41.8 Å². The topological polar surface area (TPSA) is 105 Å². The Kier molecular flexibility index (Phi) is 5.73. The minimum Gasteiger partial charge on any atom is -0.457 e. The highest BCUT2D eigenvalue weighted by Crippen LogP contribution is 2.44. The van der Waals surface area contributed by atoms with Gasteiger partial charge in [-0.25, -0.2) is 4.79 Å². The molecule has 8 heteroatoms. The van der Waals surface area contributed by atoms with E-state index in [-0.39, 0.29) is 17.5 Å². The van der Waals surface area contributed by atoms with E-state index in [0.29, 0.717) is 19.3 Å². The lowest BCUT2D eigenvalue weighted by molar-refractivity contribution is -0.191. The molecule has 1 heterocycles. The van der Waals surface area contributed by atoms with Gasteiger partial charge in [-0.3, -0.25) is 14.4 Å². The highest BCUT2D eigenvalue weighted by atomic mass is 16.7. The molecule has 2 fully saturated rings. The van der Waals surface area contributed by atoms with Crippen LogP contribution >= 0.6 is 0 Å². The highest BCUT2D eigenvalue weighted by Gasteiger charge is 2.54. The van der Waals surface area contributed by atoms with Gasteiger partial charge in [-0.1, -0.05) is 6.58 Å². The van der Waals surface area contributed by atoms with Gasteiger partial charge in [0.15, 0.2) is 5.92 Å². The minimum absolute atomic E-state index is 0.152. The standard InChI is InChI=1S/C18H24O8/c1-9(2)14(19)23-11(4)24-15(20)10(3)16(21)25-13-7-6-12-8-18(13,5)26-17(12)22/h10-13H,1,6-8H2,2-5H3. The van der Waals surface area contributed by atoms with Gasteiger partial charge in [0.05, 0.1) is 5.92 Å². The van der Waals surface area contributed by atoms with Crippen LogP contribution in [0.4, 0.5) is 0 Å². The van der Waals surface area contributed by atoms with Crippen molar-refractivity contribution >= 4 is 23.9 Å². The second-order valence-electron chi connectivity index (χ2n) is 7.05. The summed E-state index contributed by atoms with van der Waals surface area (Å²) in [7, 11) is 0. The van der Waals surface area contributed by atoms with Crippen molar-refractivity contribution in [1.29, 1.82) is 0 Å². The summed E-state index contributed by atoms with van der Waals surface area (Å²) in [5.74, 6) is -3.99. The van der Waals surface area contributed by atoms with Crippen LogP contribution in [0.5, 0.6) is 0 Å². The quantitative estimate of drug-likeness (QED) is 0.229. The first kappa shape index (κ1) is 19.9. The van der Waals surface area contributed by atoms with Gasteiger partial charge in [-0.2, -0.15) is 0 Å². The lowest BCUT2D eigenvalue weighted by atomic mass is 9.80. The van der Waals surface area contributed by atoms with E-state index >= 15 is 0 Å². The van der Waals surface area contributed by atoms with Gasteiger partial charge in [-0.15, -0.1) is 0 Å². The van der Waals surface area contributed by atoms with Crippen LogP contribution < -0.4 is 0 Å². The van der Waals surface area contributed by atoms with Crippen LogP contribution in [0.1, 0.15) is 47.0 Å². The average Bonchev–Trinajstić information content (AvgIpc) is 2.79. The molecule has 0 N–H and O–H groups in total. The number of ether oxygens (including phenoxy) is 4. The fourth-order valence-corrected chi connectivity index (χ4v) is 3.07. The average molecular weight is 368 g/mol. The molecule has 0 aromatic heterocycles. The number of carbonyl (C=O) groups is 4. The number of rotatable bonds is 6. The maximum absolute atomic E-state index is 12.3. The smallest absolute Gasteiger partial charge is 0.336 e. The van der Waals surface area contributed by atoms with Crippen molar-refractivity contribution in [2.45, 2.75) is 65.0 Å². The lowest BCUT2D eigenvalue weighted by Gasteiger charge is -2.35. The molecule has 1 aliphatic carbocycles. The maximum Gasteiger partial charge on any atom is 0.336 e. The third-order valence-corrected chi connectivity index (χ3v) is 4.65. The number of esters is 4. The molecule has 26 heavy (non-hydrogen) atoms. The molecule has 0 amide bonds. The normalized spacial score (nSPS) is 29.2. The van der Waals surface area contributed by atoms with E-state index in [1.807, 2.05) is 0 Å². The lowest BCUT2D eigenvalue weighted by Crippen LogP contribution is -2.45. The van der Waals surface area contributed by atoms with Crippen molar-refractivity contribution in [3.8, 4) is 0 Å². The second kappa shape index (κ2) is 7.47. The van der Waals surface area contributed by atoms with Gasteiger partial charge in [0, 0.05) is 18.9 Å². The fourth-order valence-electron chi connectivity index (χ4n) is 3.07. The highest BCUT2D eigenvalue weighted by molar-refractivity contribution is 5.94. The van der Waals surface area contributed by atoms with Crippen LogP contribution in [-0.2, 0) is 38.1 Å². The van der Waals surface area contributed by atoms with E-state index in [0.717, 1.165) is 0 Å². The Balaban J connectivity index is 1.88. The number of hydrogen-bond donors (Lipinski definition) is 0. The molecule has 5 unspecified atom stereocenters. The zero-order valence-corrected chi connectivity index (χ0v) is 15.4. The van der Waals surface area contributed by atoms with E-state index in [1.165, 1.54) is 20.8 Å². The first-order valence-corrected chi connectivity index (χ1v) is 8.54. The predicted octanol–water partition coefficient (Wildman–Crippen LogP) is 1.66. The van der Waals surface area contributed by atoms with Crippen molar-refractivity contribution in [3.05, 3.63) is 12.2 Å². The molecule has 2 bridgehead atoms. The van der Waals surface area contributed by atoms with Crippen LogP contribution in [0.25, 0.3) is 0 Å². The van der Waals surface area contributed by atoms with Gasteiger partial charge in [0.25, 0.3) is 0 Å². The molecule has 0 radical (unpaired) electrons. The zero-order chi connectivity index (χ0) is 19.6.